The number of aromatic nitrogens is 2. The molecule has 112 valence electrons. The summed E-state index contributed by atoms with van der Waals surface area (Å²) in [5.74, 6) is 0.977. The van der Waals surface area contributed by atoms with Crippen molar-refractivity contribution in [1.82, 2.24) is 9.78 Å². The third kappa shape index (κ3) is 2.76. The molecule has 1 aliphatic heterocycles. The van der Waals surface area contributed by atoms with Crippen molar-refractivity contribution >= 4 is 29.0 Å². The summed E-state index contributed by atoms with van der Waals surface area (Å²) in [5.41, 5.74) is 9.03. The van der Waals surface area contributed by atoms with E-state index >= 15 is 0 Å². The fraction of sp³-hybridized carbons (Fsp3) is 0.400. The Bertz CT molecular complexity index is 663. The Morgan fingerprint density at radius 2 is 2.00 bits per heavy atom. The third-order valence-electron chi connectivity index (χ3n) is 3.93. The van der Waals surface area contributed by atoms with Crippen LogP contribution in [0.15, 0.2) is 18.2 Å². The van der Waals surface area contributed by atoms with Crippen LogP contribution in [-0.4, -0.2) is 23.0 Å². The maximum atomic E-state index is 6.35. The van der Waals surface area contributed by atoms with Crippen LogP contribution in [0.2, 0.25) is 10.0 Å². The lowest BCUT2D eigenvalue weighted by atomic mass is 9.91. The molecule has 1 aromatic carbocycles. The van der Waals surface area contributed by atoms with Gasteiger partial charge < -0.3 is 10.5 Å². The summed E-state index contributed by atoms with van der Waals surface area (Å²) in [7, 11) is 1.85. The van der Waals surface area contributed by atoms with Crippen LogP contribution >= 0.6 is 23.2 Å². The minimum absolute atomic E-state index is 0.351. The Morgan fingerprint density at radius 3 is 2.67 bits per heavy atom. The van der Waals surface area contributed by atoms with Crippen molar-refractivity contribution in [3.05, 3.63) is 33.9 Å². The number of benzene rings is 1. The number of hydrogen-bond donors (Lipinski definition) is 1. The van der Waals surface area contributed by atoms with Gasteiger partial charge in [0.1, 0.15) is 5.82 Å². The molecule has 1 saturated heterocycles. The zero-order valence-electron chi connectivity index (χ0n) is 11.8. The molecule has 0 spiro atoms. The van der Waals surface area contributed by atoms with E-state index in [1.807, 2.05) is 19.2 Å². The number of nitrogens with zero attached hydrogens (tertiary/aromatic N) is 2. The van der Waals surface area contributed by atoms with E-state index in [1.165, 1.54) is 0 Å². The molecule has 0 radical (unpaired) electrons. The van der Waals surface area contributed by atoms with Crippen molar-refractivity contribution in [2.24, 2.45) is 7.05 Å². The highest BCUT2D eigenvalue weighted by Crippen LogP contribution is 2.41. The Kier molecular flexibility index (Phi) is 4.11. The number of halogens is 2. The van der Waals surface area contributed by atoms with Gasteiger partial charge in [0.2, 0.25) is 0 Å². The first-order valence-electron chi connectivity index (χ1n) is 6.93. The van der Waals surface area contributed by atoms with E-state index in [2.05, 4.69) is 5.10 Å². The minimum Gasteiger partial charge on any atom is -0.383 e. The summed E-state index contributed by atoms with van der Waals surface area (Å²) >= 11 is 12.3. The second-order valence-electron chi connectivity index (χ2n) is 5.28. The van der Waals surface area contributed by atoms with Gasteiger partial charge in [-0.05, 0) is 25.0 Å². The van der Waals surface area contributed by atoms with E-state index in [-0.39, 0.29) is 0 Å². The number of aryl methyl sites for hydroxylation is 1. The number of ether oxygens (including phenoxy) is 1. The molecule has 2 heterocycles. The number of nitrogens with two attached hydrogens (primary N) is 1. The molecule has 0 amide bonds. The molecule has 3 rings (SSSR count). The minimum atomic E-state index is 0.351. The van der Waals surface area contributed by atoms with E-state index in [0.717, 1.165) is 42.9 Å². The van der Waals surface area contributed by atoms with Crippen LogP contribution in [-0.2, 0) is 11.8 Å². The second kappa shape index (κ2) is 5.87. The predicted molar refractivity (Wildman–Crippen MR) is 85.9 cm³/mol. The Hall–Kier alpha value is -1.23. The first kappa shape index (κ1) is 14.7. The van der Waals surface area contributed by atoms with Crippen LogP contribution in [0, 0.1) is 0 Å². The first-order chi connectivity index (χ1) is 10.1. The van der Waals surface area contributed by atoms with Gasteiger partial charge in [0.05, 0.1) is 10.7 Å². The Morgan fingerprint density at radius 1 is 1.29 bits per heavy atom. The van der Waals surface area contributed by atoms with Gasteiger partial charge in [-0.2, -0.15) is 5.10 Å². The molecule has 1 aromatic heterocycles. The van der Waals surface area contributed by atoms with Crippen LogP contribution in [0.4, 0.5) is 5.82 Å². The van der Waals surface area contributed by atoms with Gasteiger partial charge in [-0.3, -0.25) is 4.68 Å². The zero-order chi connectivity index (χ0) is 15.0. The Labute approximate surface area is 133 Å². The van der Waals surface area contributed by atoms with E-state index in [1.54, 1.807) is 10.7 Å². The highest BCUT2D eigenvalue weighted by molar-refractivity contribution is 6.36. The van der Waals surface area contributed by atoms with Gasteiger partial charge in [-0.1, -0.05) is 29.3 Å². The second-order valence-corrected chi connectivity index (χ2v) is 6.12. The quantitative estimate of drug-likeness (QED) is 0.911. The summed E-state index contributed by atoms with van der Waals surface area (Å²) in [5, 5.41) is 5.82. The molecule has 2 N–H and O–H groups in total. The molecule has 0 atom stereocenters. The van der Waals surface area contributed by atoms with Gasteiger partial charge in [0.15, 0.2) is 0 Å². The number of nitrogen functional groups attached to an aromatic ring is 1. The number of anilines is 1. The molecule has 1 aliphatic rings. The maximum absolute atomic E-state index is 6.35. The highest BCUT2D eigenvalue weighted by Gasteiger charge is 2.26. The lowest BCUT2D eigenvalue weighted by molar-refractivity contribution is 0.0845. The van der Waals surface area contributed by atoms with Crippen molar-refractivity contribution in [2.75, 3.05) is 18.9 Å². The summed E-state index contributed by atoms with van der Waals surface area (Å²) < 4.78 is 7.15. The lowest BCUT2D eigenvalue weighted by Gasteiger charge is -2.21. The van der Waals surface area contributed by atoms with Gasteiger partial charge in [-0.15, -0.1) is 0 Å². The van der Waals surface area contributed by atoms with Gasteiger partial charge in [-0.25, -0.2) is 0 Å². The molecule has 0 aliphatic carbocycles. The molecule has 1 fully saturated rings. The SMILES string of the molecule is Cn1nc(C2CCOCC2)c(-c2ccc(Cl)cc2Cl)c1N. The monoisotopic (exact) mass is 325 g/mol. The van der Waals surface area contributed by atoms with Crippen molar-refractivity contribution in [3.63, 3.8) is 0 Å². The molecule has 0 bridgehead atoms. The average Bonchev–Trinajstić information content (AvgIpc) is 2.76. The molecular weight excluding hydrogens is 309 g/mol. The van der Waals surface area contributed by atoms with Crippen LogP contribution in [0.1, 0.15) is 24.5 Å². The molecule has 4 nitrogen and oxygen atoms in total. The zero-order valence-corrected chi connectivity index (χ0v) is 13.3. The van der Waals surface area contributed by atoms with E-state index < -0.39 is 0 Å². The first-order valence-corrected chi connectivity index (χ1v) is 7.69. The van der Waals surface area contributed by atoms with Crippen molar-refractivity contribution in [1.29, 1.82) is 0 Å². The molecule has 0 unspecified atom stereocenters. The van der Waals surface area contributed by atoms with Gasteiger partial charge in [0.25, 0.3) is 0 Å². The summed E-state index contributed by atoms with van der Waals surface area (Å²) in [6.07, 6.45) is 1.91. The molecule has 21 heavy (non-hydrogen) atoms. The van der Waals surface area contributed by atoms with Crippen LogP contribution in [0.3, 0.4) is 0 Å². The lowest BCUT2D eigenvalue weighted by Crippen LogP contribution is -2.15. The fourth-order valence-electron chi connectivity index (χ4n) is 2.78. The third-order valence-corrected chi connectivity index (χ3v) is 4.47. The smallest absolute Gasteiger partial charge is 0.129 e. The van der Waals surface area contributed by atoms with Crippen molar-refractivity contribution in [2.45, 2.75) is 18.8 Å². The normalized spacial score (nSPS) is 16.3. The number of hydrogen-bond acceptors (Lipinski definition) is 3. The molecular formula is C15H17Cl2N3O. The maximum Gasteiger partial charge on any atom is 0.129 e. The summed E-state index contributed by atoms with van der Waals surface area (Å²) in [6, 6.07) is 5.46. The van der Waals surface area contributed by atoms with Gasteiger partial charge in [0, 0.05) is 42.3 Å². The van der Waals surface area contributed by atoms with Crippen molar-refractivity contribution < 1.29 is 4.74 Å². The molecule has 0 saturated carbocycles. The van der Waals surface area contributed by atoms with Crippen LogP contribution < -0.4 is 5.73 Å². The Balaban J connectivity index is 2.12. The fourth-order valence-corrected chi connectivity index (χ4v) is 3.29. The van der Waals surface area contributed by atoms with Crippen LogP contribution in [0.25, 0.3) is 11.1 Å². The molecule has 2 aromatic rings. The van der Waals surface area contributed by atoms with E-state index in [9.17, 15) is 0 Å². The standard InChI is InChI=1S/C15H17Cl2N3O/c1-20-15(18)13(11-3-2-10(16)8-12(11)17)14(19-20)9-4-6-21-7-5-9/h2-3,8-9H,4-7,18H2,1H3. The highest BCUT2D eigenvalue weighted by atomic mass is 35.5. The largest absolute Gasteiger partial charge is 0.383 e. The average molecular weight is 326 g/mol. The van der Waals surface area contributed by atoms with E-state index in [4.69, 9.17) is 33.7 Å². The van der Waals surface area contributed by atoms with E-state index in [0.29, 0.717) is 21.8 Å². The predicted octanol–water partition coefficient (Wildman–Crippen LogP) is 3.87. The van der Waals surface area contributed by atoms with Crippen molar-refractivity contribution in [3.8, 4) is 11.1 Å². The summed E-state index contributed by atoms with van der Waals surface area (Å²) in [6.45, 7) is 1.52. The number of rotatable bonds is 2. The van der Waals surface area contributed by atoms with Crippen LogP contribution in [0.5, 0.6) is 0 Å². The summed E-state index contributed by atoms with van der Waals surface area (Å²) in [4.78, 5) is 0. The molecule has 6 heteroatoms. The van der Waals surface area contributed by atoms with Gasteiger partial charge >= 0.3 is 0 Å². The topological polar surface area (TPSA) is 53.1 Å².